The molecule has 0 saturated heterocycles. The van der Waals surface area contributed by atoms with Crippen LogP contribution in [0.5, 0.6) is 5.75 Å². The molecule has 98 valence electrons. The molecule has 0 heterocycles. The van der Waals surface area contributed by atoms with Crippen molar-refractivity contribution >= 4 is 5.97 Å². The van der Waals surface area contributed by atoms with E-state index < -0.39 is 18.2 Å². The van der Waals surface area contributed by atoms with Crippen molar-refractivity contribution in [2.24, 2.45) is 0 Å². The van der Waals surface area contributed by atoms with Gasteiger partial charge in [-0.3, -0.25) is 0 Å². The maximum Gasteiger partial charge on any atom is 0.328 e. The second-order valence-corrected chi connectivity index (χ2v) is 3.65. The Morgan fingerprint density at radius 2 is 2.00 bits per heavy atom. The maximum atomic E-state index is 10.5. The third-order valence-corrected chi connectivity index (χ3v) is 2.33. The van der Waals surface area contributed by atoms with E-state index in [0.29, 0.717) is 12.2 Å². The van der Waals surface area contributed by atoms with Crippen LogP contribution < -0.4 is 0 Å². The average Bonchev–Trinajstić information content (AvgIpc) is 2.34. The number of aliphatic hydroxyl groups excluding tert-OH is 1. The lowest BCUT2D eigenvalue weighted by Crippen LogP contribution is -2.20. The molecular weight excluding hydrogens is 236 g/mol. The maximum absolute atomic E-state index is 10.5. The first-order valence-corrected chi connectivity index (χ1v) is 5.54. The smallest absolute Gasteiger partial charge is 0.328 e. The molecule has 5 nitrogen and oxygen atoms in total. The third-order valence-electron chi connectivity index (χ3n) is 2.33. The van der Waals surface area contributed by atoms with Gasteiger partial charge in [-0.1, -0.05) is 12.1 Å². The van der Waals surface area contributed by atoms with Gasteiger partial charge in [0, 0.05) is 12.7 Å². The lowest BCUT2D eigenvalue weighted by Gasteiger charge is -2.20. The molecule has 2 atom stereocenters. The molecule has 0 unspecified atom stereocenters. The molecule has 18 heavy (non-hydrogen) atoms. The Hall–Kier alpha value is -1.85. The highest BCUT2D eigenvalue weighted by molar-refractivity contribution is 5.79. The van der Waals surface area contributed by atoms with Crippen LogP contribution in [0.4, 0.5) is 0 Å². The van der Waals surface area contributed by atoms with Crippen LogP contribution in [0.3, 0.4) is 0 Å². The Morgan fingerprint density at radius 3 is 2.50 bits per heavy atom. The van der Waals surface area contributed by atoms with Gasteiger partial charge in [0.15, 0.2) is 0 Å². The molecule has 0 radical (unpaired) electrons. The fourth-order valence-electron chi connectivity index (χ4n) is 1.48. The molecule has 0 aliphatic rings. The Labute approximate surface area is 105 Å². The molecule has 3 N–H and O–H groups in total. The molecule has 0 aliphatic heterocycles. The van der Waals surface area contributed by atoms with E-state index in [-0.39, 0.29) is 5.75 Å². The Balaban J connectivity index is 2.84. The third kappa shape index (κ3) is 4.20. The molecule has 0 fully saturated rings. The normalized spacial score (nSPS) is 14.6. The van der Waals surface area contributed by atoms with E-state index in [1.807, 2.05) is 0 Å². The minimum atomic E-state index is -1.10. The fourth-order valence-corrected chi connectivity index (χ4v) is 1.48. The first-order chi connectivity index (χ1) is 8.54. The van der Waals surface area contributed by atoms with Crippen LogP contribution in [0.1, 0.15) is 18.6 Å². The number of hydrogen-bond acceptors (Lipinski definition) is 4. The second-order valence-electron chi connectivity index (χ2n) is 3.65. The van der Waals surface area contributed by atoms with Crippen molar-refractivity contribution in [3.8, 4) is 5.75 Å². The van der Waals surface area contributed by atoms with E-state index >= 15 is 0 Å². The number of carbonyl (C=O) groups is 1. The van der Waals surface area contributed by atoms with Crippen LogP contribution in [0.2, 0.25) is 0 Å². The second kappa shape index (κ2) is 6.78. The SMILES string of the molecule is CCO[C@H](/C=C/C(=O)O)[C@H](O)c1ccc(O)cc1. The van der Waals surface area contributed by atoms with Gasteiger partial charge in [0.1, 0.15) is 18.0 Å². The van der Waals surface area contributed by atoms with Gasteiger partial charge >= 0.3 is 5.97 Å². The van der Waals surface area contributed by atoms with Crippen LogP contribution in [-0.2, 0) is 9.53 Å². The van der Waals surface area contributed by atoms with Crippen molar-refractivity contribution in [1.29, 1.82) is 0 Å². The molecule has 0 amide bonds. The van der Waals surface area contributed by atoms with E-state index in [4.69, 9.17) is 14.9 Å². The van der Waals surface area contributed by atoms with E-state index in [0.717, 1.165) is 6.08 Å². The van der Waals surface area contributed by atoms with E-state index in [1.54, 1.807) is 19.1 Å². The Morgan fingerprint density at radius 1 is 1.39 bits per heavy atom. The summed E-state index contributed by atoms with van der Waals surface area (Å²) in [6, 6.07) is 6.01. The van der Waals surface area contributed by atoms with Crippen LogP contribution in [0.15, 0.2) is 36.4 Å². The van der Waals surface area contributed by atoms with Crippen LogP contribution in [0, 0.1) is 0 Å². The number of rotatable bonds is 6. The summed E-state index contributed by atoms with van der Waals surface area (Å²) in [5.74, 6) is -1.00. The van der Waals surface area contributed by atoms with Gasteiger partial charge in [-0.05, 0) is 30.7 Å². The van der Waals surface area contributed by atoms with Gasteiger partial charge in [0.2, 0.25) is 0 Å². The molecule has 0 aromatic heterocycles. The molecule has 0 bridgehead atoms. The van der Waals surface area contributed by atoms with Crippen molar-refractivity contribution in [1.82, 2.24) is 0 Å². The summed E-state index contributed by atoms with van der Waals surface area (Å²) in [5, 5.41) is 27.8. The molecule has 1 aromatic carbocycles. The molecule has 1 aromatic rings. The molecule has 0 spiro atoms. The largest absolute Gasteiger partial charge is 0.508 e. The molecule has 0 aliphatic carbocycles. The number of benzene rings is 1. The van der Waals surface area contributed by atoms with Gasteiger partial charge in [-0.2, -0.15) is 0 Å². The molecule has 0 saturated carbocycles. The van der Waals surface area contributed by atoms with E-state index in [9.17, 15) is 9.90 Å². The monoisotopic (exact) mass is 252 g/mol. The van der Waals surface area contributed by atoms with Crippen molar-refractivity contribution in [3.05, 3.63) is 42.0 Å². The highest BCUT2D eigenvalue weighted by atomic mass is 16.5. The number of phenols is 1. The summed E-state index contributed by atoms with van der Waals surface area (Å²) in [6.07, 6.45) is 0.504. The van der Waals surface area contributed by atoms with Crippen molar-refractivity contribution in [2.75, 3.05) is 6.61 Å². The summed E-state index contributed by atoms with van der Waals surface area (Å²) in [4.78, 5) is 10.5. The van der Waals surface area contributed by atoms with Gasteiger partial charge in [0.05, 0.1) is 0 Å². The van der Waals surface area contributed by atoms with Gasteiger partial charge in [-0.25, -0.2) is 4.79 Å². The first kappa shape index (κ1) is 14.2. The number of aliphatic hydroxyl groups is 1. The minimum absolute atomic E-state index is 0.0972. The summed E-state index contributed by atoms with van der Waals surface area (Å²) >= 11 is 0. The highest BCUT2D eigenvalue weighted by Gasteiger charge is 2.18. The number of aromatic hydroxyl groups is 1. The Bertz CT molecular complexity index is 410. The first-order valence-electron chi connectivity index (χ1n) is 5.54. The molecule has 1 rings (SSSR count). The van der Waals surface area contributed by atoms with Gasteiger partial charge in [-0.15, -0.1) is 0 Å². The van der Waals surface area contributed by atoms with Crippen LogP contribution in [0.25, 0.3) is 0 Å². The van der Waals surface area contributed by atoms with Crippen LogP contribution >= 0.6 is 0 Å². The van der Waals surface area contributed by atoms with E-state index in [1.165, 1.54) is 18.2 Å². The number of hydrogen-bond donors (Lipinski definition) is 3. The minimum Gasteiger partial charge on any atom is -0.508 e. The molecular formula is C13H16O5. The Kier molecular flexibility index (Phi) is 5.35. The number of aliphatic carboxylic acids is 1. The van der Waals surface area contributed by atoms with Crippen molar-refractivity contribution < 1.29 is 24.9 Å². The number of phenolic OH excluding ortho intramolecular Hbond substituents is 1. The summed E-state index contributed by atoms with van der Waals surface area (Å²) < 4.78 is 5.28. The van der Waals surface area contributed by atoms with E-state index in [2.05, 4.69) is 0 Å². The average molecular weight is 252 g/mol. The number of carboxylic acids is 1. The molecule has 5 heteroatoms. The summed E-state index contributed by atoms with van der Waals surface area (Å²) in [7, 11) is 0. The van der Waals surface area contributed by atoms with Gasteiger partial charge < -0.3 is 20.1 Å². The predicted molar refractivity (Wildman–Crippen MR) is 65.3 cm³/mol. The van der Waals surface area contributed by atoms with Crippen molar-refractivity contribution in [2.45, 2.75) is 19.1 Å². The topological polar surface area (TPSA) is 87.0 Å². The lowest BCUT2D eigenvalue weighted by atomic mass is 10.0. The number of carboxylic acid groups (broad SMARTS) is 1. The summed E-state index contributed by atoms with van der Waals surface area (Å²) in [6.45, 7) is 2.11. The zero-order valence-electron chi connectivity index (χ0n) is 9.98. The predicted octanol–water partition coefficient (Wildman–Crippen LogP) is 1.47. The highest BCUT2D eigenvalue weighted by Crippen LogP contribution is 2.22. The standard InChI is InChI=1S/C13H16O5/c1-2-18-11(7-8-12(15)16)13(17)9-3-5-10(14)6-4-9/h3-8,11,13-14,17H,2H2,1H3,(H,15,16)/b8-7+/t11-,13-/m1/s1. The van der Waals surface area contributed by atoms with Gasteiger partial charge in [0.25, 0.3) is 0 Å². The fraction of sp³-hybridized carbons (Fsp3) is 0.308. The van der Waals surface area contributed by atoms with Crippen molar-refractivity contribution in [3.63, 3.8) is 0 Å². The quantitative estimate of drug-likeness (QED) is 0.667. The number of ether oxygens (including phenoxy) is 1. The lowest BCUT2D eigenvalue weighted by molar-refractivity contribution is -0.131. The zero-order valence-corrected chi connectivity index (χ0v) is 9.98. The van der Waals surface area contributed by atoms with Crippen LogP contribution in [-0.4, -0.2) is 34.0 Å². The zero-order chi connectivity index (χ0) is 13.5. The summed E-state index contributed by atoms with van der Waals surface area (Å²) in [5.41, 5.74) is 0.543.